The van der Waals surface area contributed by atoms with Gasteiger partial charge in [-0.1, -0.05) is 32.0 Å². The number of nitrogens with two attached hydrogens (primary N) is 2. The standard InChI is InChI=1S/C16H20N6O/c1-10(2)14(17)16(23)20-13-9-8-12(15(18)19-13)22-21-11-6-4-3-5-7-11/h3-10,14H,17H2,1-2H3,(H3,18,19,20,23)/b22-21+/t14-/m0/s1. The fraction of sp³-hybridized carbons (Fsp3) is 0.250. The number of amides is 1. The highest BCUT2D eigenvalue weighted by Gasteiger charge is 2.17. The van der Waals surface area contributed by atoms with Crippen LogP contribution in [0.5, 0.6) is 0 Å². The Bertz CT molecular complexity index is 699. The Morgan fingerprint density at radius 2 is 1.83 bits per heavy atom. The van der Waals surface area contributed by atoms with Gasteiger partial charge in [0.2, 0.25) is 5.91 Å². The van der Waals surface area contributed by atoms with Crippen molar-refractivity contribution in [3.8, 4) is 0 Å². The molecule has 1 atom stereocenters. The van der Waals surface area contributed by atoms with Gasteiger partial charge in [0, 0.05) is 0 Å². The lowest BCUT2D eigenvalue weighted by atomic mass is 10.1. The van der Waals surface area contributed by atoms with Gasteiger partial charge in [0.05, 0.1) is 11.7 Å². The monoisotopic (exact) mass is 312 g/mol. The minimum absolute atomic E-state index is 0.0336. The molecule has 2 rings (SSSR count). The van der Waals surface area contributed by atoms with E-state index in [1.165, 1.54) is 0 Å². The number of nitrogens with one attached hydrogen (secondary N) is 1. The zero-order valence-electron chi connectivity index (χ0n) is 13.1. The lowest BCUT2D eigenvalue weighted by molar-refractivity contribution is -0.118. The summed E-state index contributed by atoms with van der Waals surface area (Å²) in [5.41, 5.74) is 12.8. The number of pyridine rings is 1. The van der Waals surface area contributed by atoms with Gasteiger partial charge in [-0.05, 0) is 30.2 Å². The minimum Gasteiger partial charge on any atom is -0.382 e. The van der Waals surface area contributed by atoms with E-state index in [0.29, 0.717) is 17.2 Å². The summed E-state index contributed by atoms with van der Waals surface area (Å²) in [6.45, 7) is 3.75. The lowest BCUT2D eigenvalue weighted by Crippen LogP contribution is -2.39. The summed E-state index contributed by atoms with van der Waals surface area (Å²) in [5.74, 6) is 0.250. The van der Waals surface area contributed by atoms with E-state index in [0.717, 1.165) is 0 Å². The summed E-state index contributed by atoms with van der Waals surface area (Å²) in [5, 5.41) is 10.8. The van der Waals surface area contributed by atoms with Crippen LogP contribution in [-0.4, -0.2) is 16.9 Å². The van der Waals surface area contributed by atoms with E-state index in [4.69, 9.17) is 11.5 Å². The van der Waals surface area contributed by atoms with Crippen molar-refractivity contribution in [3.05, 3.63) is 42.5 Å². The third-order valence-electron chi connectivity index (χ3n) is 3.20. The predicted octanol–water partition coefficient (Wildman–Crippen LogP) is 3.00. The highest BCUT2D eigenvalue weighted by Crippen LogP contribution is 2.24. The van der Waals surface area contributed by atoms with Crippen LogP contribution in [-0.2, 0) is 4.79 Å². The topological polar surface area (TPSA) is 119 Å². The van der Waals surface area contributed by atoms with Crippen LogP contribution in [0, 0.1) is 5.92 Å². The number of carbonyl (C=O) groups excluding carboxylic acids is 1. The summed E-state index contributed by atoms with van der Waals surface area (Å²) in [6, 6.07) is 11.9. The molecule has 1 aromatic carbocycles. The first-order valence-corrected chi connectivity index (χ1v) is 7.27. The van der Waals surface area contributed by atoms with Crippen molar-refractivity contribution in [1.82, 2.24) is 4.98 Å². The number of rotatable bonds is 5. The van der Waals surface area contributed by atoms with Gasteiger partial charge >= 0.3 is 0 Å². The number of hydrogen-bond donors (Lipinski definition) is 3. The number of nitrogens with zero attached hydrogens (tertiary/aromatic N) is 3. The molecule has 1 aromatic heterocycles. The molecule has 7 heteroatoms. The first-order chi connectivity index (χ1) is 11.0. The Kier molecular flexibility index (Phi) is 5.37. The Labute approximate surface area is 134 Å². The molecule has 0 bridgehead atoms. The molecule has 7 nitrogen and oxygen atoms in total. The molecular formula is C16H20N6O. The van der Waals surface area contributed by atoms with Crippen molar-refractivity contribution >= 4 is 28.9 Å². The molecule has 23 heavy (non-hydrogen) atoms. The molecule has 2 aromatic rings. The van der Waals surface area contributed by atoms with Crippen LogP contribution in [0.3, 0.4) is 0 Å². The molecule has 0 unspecified atom stereocenters. The number of azo groups is 1. The molecule has 0 aliphatic rings. The maximum atomic E-state index is 11.9. The van der Waals surface area contributed by atoms with Crippen LogP contribution in [0.15, 0.2) is 52.7 Å². The quantitative estimate of drug-likeness (QED) is 0.735. The van der Waals surface area contributed by atoms with E-state index in [-0.39, 0.29) is 17.6 Å². The van der Waals surface area contributed by atoms with Crippen LogP contribution >= 0.6 is 0 Å². The first kappa shape index (κ1) is 16.6. The van der Waals surface area contributed by atoms with E-state index in [1.807, 2.05) is 44.2 Å². The van der Waals surface area contributed by atoms with E-state index in [2.05, 4.69) is 20.5 Å². The number of aromatic nitrogens is 1. The molecule has 0 spiro atoms. The summed E-state index contributed by atoms with van der Waals surface area (Å²) >= 11 is 0. The van der Waals surface area contributed by atoms with Crippen LogP contribution < -0.4 is 16.8 Å². The Morgan fingerprint density at radius 3 is 2.43 bits per heavy atom. The molecule has 1 amide bonds. The number of nitrogen functional groups attached to an aromatic ring is 1. The minimum atomic E-state index is -0.601. The smallest absolute Gasteiger partial charge is 0.242 e. The van der Waals surface area contributed by atoms with E-state index in [1.54, 1.807) is 12.1 Å². The van der Waals surface area contributed by atoms with Crippen LogP contribution in [0.4, 0.5) is 23.0 Å². The fourth-order valence-electron chi connectivity index (χ4n) is 1.74. The highest BCUT2D eigenvalue weighted by molar-refractivity contribution is 5.94. The summed E-state index contributed by atoms with van der Waals surface area (Å²) in [6.07, 6.45) is 0. The van der Waals surface area contributed by atoms with E-state index >= 15 is 0 Å². The van der Waals surface area contributed by atoms with Crippen LogP contribution in [0.1, 0.15) is 13.8 Å². The van der Waals surface area contributed by atoms with Crippen molar-refractivity contribution in [3.63, 3.8) is 0 Å². The molecule has 0 saturated carbocycles. The van der Waals surface area contributed by atoms with Gasteiger partial charge in [-0.25, -0.2) is 4.98 Å². The van der Waals surface area contributed by atoms with Gasteiger partial charge in [-0.3, -0.25) is 4.79 Å². The summed E-state index contributed by atoms with van der Waals surface area (Å²) in [7, 11) is 0. The summed E-state index contributed by atoms with van der Waals surface area (Å²) in [4.78, 5) is 16.0. The molecule has 0 aliphatic carbocycles. The molecule has 120 valence electrons. The number of carbonyl (C=O) groups is 1. The van der Waals surface area contributed by atoms with Crippen molar-refractivity contribution in [2.75, 3.05) is 11.1 Å². The lowest BCUT2D eigenvalue weighted by Gasteiger charge is -2.15. The van der Waals surface area contributed by atoms with E-state index in [9.17, 15) is 4.79 Å². The predicted molar refractivity (Wildman–Crippen MR) is 90.7 cm³/mol. The molecule has 0 saturated heterocycles. The molecule has 0 aliphatic heterocycles. The van der Waals surface area contributed by atoms with E-state index < -0.39 is 6.04 Å². The number of hydrogen-bond acceptors (Lipinski definition) is 6. The Balaban J connectivity index is 2.09. The highest BCUT2D eigenvalue weighted by atomic mass is 16.2. The zero-order valence-corrected chi connectivity index (χ0v) is 13.1. The Morgan fingerprint density at radius 1 is 1.13 bits per heavy atom. The first-order valence-electron chi connectivity index (χ1n) is 7.27. The molecular weight excluding hydrogens is 292 g/mol. The maximum absolute atomic E-state index is 11.9. The normalized spacial score (nSPS) is 12.5. The van der Waals surface area contributed by atoms with Crippen LogP contribution in [0.2, 0.25) is 0 Å². The second kappa shape index (κ2) is 7.46. The fourth-order valence-corrected chi connectivity index (χ4v) is 1.74. The van der Waals surface area contributed by atoms with Gasteiger partial charge in [0.25, 0.3) is 0 Å². The Hall–Kier alpha value is -2.80. The molecule has 5 N–H and O–H groups in total. The summed E-state index contributed by atoms with van der Waals surface area (Å²) < 4.78 is 0. The molecule has 0 radical (unpaired) electrons. The second-order valence-corrected chi connectivity index (χ2v) is 5.40. The third-order valence-corrected chi connectivity index (χ3v) is 3.20. The second-order valence-electron chi connectivity index (χ2n) is 5.40. The average Bonchev–Trinajstić information content (AvgIpc) is 2.54. The largest absolute Gasteiger partial charge is 0.382 e. The van der Waals surface area contributed by atoms with Crippen molar-refractivity contribution in [1.29, 1.82) is 0 Å². The number of anilines is 2. The van der Waals surface area contributed by atoms with Gasteiger partial charge < -0.3 is 16.8 Å². The van der Waals surface area contributed by atoms with Gasteiger partial charge in [0.15, 0.2) is 5.82 Å². The maximum Gasteiger partial charge on any atom is 0.242 e. The van der Waals surface area contributed by atoms with Crippen molar-refractivity contribution in [2.45, 2.75) is 19.9 Å². The van der Waals surface area contributed by atoms with Gasteiger partial charge in [-0.2, -0.15) is 5.11 Å². The molecule has 1 heterocycles. The van der Waals surface area contributed by atoms with Gasteiger partial charge in [0.1, 0.15) is 11.5 Å². The zero-order chi connectivity index (χ0) is 16.8. The SMILES string of the molecule is CC(C)[C@H](N)C(=O)Nc1ccc(/N=N/c2ccccc2)c(N)n1. The van der Waals surface area contributed by atoms with Crippen LogP contribution in [0.25, 0.3) is 0 Å². The third kappa shape index (κ3) is 4.58. The number of benzene rings is 1. The molecule has 0 fully saturated rings. The van der Waals surface area contributed by atoms with Gasteiger partial charge in [-0.15, -0.1) is 5.11 Å². The van der Waals surface area contributed by atoms with Crippen molar-refractivity contribution < 1.29 is 4.79 Å². The average molecular weight is 312 g/mol. The van der Waals surface area contributed by atoms with Crippen molar-refractivity contribution in [2.24, 2.45) is 21.9 Å².